The fourth-order valence-electron chi connectivity index (χ4n) is 1.52. The highest BCUT2D eigenvalue weighted by atomic mass is 14.0. The molecule has 0 nitrogen and oxygen atoms in total. The van der Waals surface area contributed by atoms with E-state index in [4.69, 9.17) is 0 Å². The van der Waals surface area contributed by atoms with Crippen LogP contribution in [-0.4, -0.2) is 0 Å². The van der Waals surface area contributed by atoms with E-state index in [1.54, 1.807) is 0 Å². The van der Waals surface area contributed by atoms with Crippen LogP contribution in [0.15, 0.2) is 54.6 Å². The van der Waals surface area contributed by atoms with Crippen molar-refractivity contribution in [2.45, 2.75) is 12.8 Å². The normalized spacial score (nSPS) is 10.0. The highest BCUT2D eigenvalue weighted by Gasteiger charge is 1.93. The van der Waals surface area contributed by atoms with Crippen LogP contribution in [0.25, 0.3) is 0 Å². The van der Waals surface area contributed by atoms with Crippen molar-refractivity contribution in [1.82, 2.24) is 0 Å². The summed E-state index contributed by atoms with van der Waals surface area (Å²) in [6.45, 7) is 0. The molecule has 0 fully saturated rings. The van der Waals surface area contributed by atoms with Gasteiger partial charge in [-0.3, -0.25) is 0 Å². The molecule has 0 spiro atoms. The van der Waals surface area contributed by atoms with Crippen molar-refractivity contribution in [3.8, 4) is 0 Å². The summed E-state index contributed by atoms with van der Waals surface area (Å²) >= 11 is 0. The van der Waals surface area contributed by atoms with Crippen molar-refractivity contribution in [2.24, 2.45) is 0 Å². The first-order chi connectivity index (χ1) is 6.95. The lowest BCUT2D eigenvalue weighted by Gasteiger charge is -2.00. The monoisotopic (exact) mass is 181 g/mol. The van der Waals surface area contributed by atoms with E-state index in [9.17, 15) is 0 Å². The first kappa shape index (κ1) is 9.01. The Balaban J connectivity index is 1.96. The molecule has 2 rings (SSSR count). The van der Waals surface area contributed by atoms with E-state index in [0.29, 0.717) is 0 Å². The summed E-state index contributed by atoms with van der Waals surface area (Å²) in [5.41, 5.74) is 2.76. The van der Waals surface area contributed by atoms with Crippen molar-refractivity contribution in [3.05, 3.63) is 71.8 Å². The molecule has 69 valence electrons. The van der Waals surface area contributed by atoms with Gasteiger partial charge in [-0.15, -0.1) is 0 Å². The lowest BCUT2D eigenvalue weighted by molar-refractivity contribution is 0.960. The highest BCUT2D eigenvalue weighted by Crippen LogP contribution is 2.06. The Labute approximate surface area is 85.2 Å². The van der Waals surface area contributed by atoms with E-state index >= 15 is 0 Å². The van der Waals surface area contributed by atoms with E-state index < -0.39 is 0 Å². The first-order valence-electron chi connectivity index (χ1n) is 4.94. The average molecular weight is 181 g/mol. The fourth-order valence-corrected chi connectivity index (χ4v) is 1.52. The summed E-state index contributed by atoms with van der Waals surface area (Å²) in [5, 5.41) is 0. The van der Waals surface area contributed by atoms with Crippen molar-refractivity contribution in [3.63, 3.8) is 0 Å². The summed E-state index contributed by atoms with van der Waals surface area (Å²) in [6.07, 6.45) is 2.21. The minimum Gasteiger partial charge on any atom is -0.0622 e. The standard InChI is InChI=1S/C14H13/c1-3-7-13(8-4-1)11-12-14-9-5-2-6-10-14/h1-5,7-10H,11-12H2. The second-order valence-electron chi connectivity index (χ2n) is 3.40. The predicted octanol–water partition coefficient (Wildman–Crippen LogP) is 3.27. The Hall–Kier alpha value is -1.56. The van der Waals surface area contributed by atoms with Gasteiger partial charge < -0.3 is 0 Å². The van der Waals surface area contributed by atoms with E-state index in [1.807, 2.05) is 12.1 Å². The molecule has 0 bridgehead atoms. The van der Waals surface area contributed by atoms with Crippen LogP contribution in [-0.2, 0) is 12.8 Å². The second kappa shape index (κ2) is 4.61. The van der Waals surface area contributed by atoms with Gasteiger partial charge in [-0.1, -0.05) is 54.6 Å². The Kier molecular flexibility index (Phi) is 2.97. The van der Waals surface area contributed by atoms with Crippen LogP contribution in [0.3, 0.4) is 0 Å². The fraction of sp³-hybridized carbons (Fsp3) is 0.143. The van der Waals surface area contributed by atoms with E-state index in [1.165, 1.54) is 11.1 Å². The lowest BCUT2D eigenvalue weighted by atomic mass is 10.0. The predicted molar refractivity (Wildman–Crippen MR) is 59.1 cm³/mol. The van der Waals surface area contributed by atoms with E-state index in [0.717, 1.165) is 12.8 Å². The maximum atomic E-state index is 3.10. The molecular weight excluding hydrogens is 168 g/mol. The lowest BCUT2D eigenvalue weighted by Crippen LogP contribution is -1.89. The zero-order valence-corrected chi connectivity index (χ0v) is 8.11. The molecule has 0 heterocycles. The molecule has 0 N–H and O–H groups in total. The molecule has 0 aromatic heterocycles. The van der Waals surface area contributed by atoms with Crippen molar-refractivity contribution in [2.75, 3.05) is 0 Å². The van der Waals surface area contributed by atoms with Gasteiger partial charge in [0.05, 0.1) is 0 Å². The molecule has 1 radical (unpaired) electrons. The number of benzene rings is 2. The summed E-state index contributed by atoms with van der Waals surface area (Å²) in [7, 11) is 0. The summed E-state index contributed by atoms with van der Waals surface area (Å²) in [5.74, 6) is 0. The zero-order chi connectivity index (χ0) is 9.64. The van der Waals surface area contributed by atoms with Crippen molar-refractivity contribution < 1.29 is 0 Å². The van der Waals surface area contributed by atoms with E-state index in [-0.39, 0.29) is 0 Å². The summed E-state index contributed by atoms with van der Waals surface area (Å²) < 4.78 is 0. The van der Waals surface area contributed by atoms with Crippen LogP contribution in [0, 0.1) is 6.07 Å². The van der Waals surface area contributed by atoms with Gasteiger partial charge >= 0.3 is 0 Å². The van der Waals surface area contributed by atoms with Gasteiger partial charge in [0.1, 0.15) is 0 Å². The molecule has 0 aliphatic rings. The van der Waals surface area contributed by atoms with Gasteiger partial charge in [-0.25, -0.2) is 0 Å². The summed E-state index contributed by atoms with van der Waals surface area (Å²) in [4.78, 5) is 0. The number of hydrogen-bond donors (Lipinski definition) is 0. The number of aryl methyl sites for hydroxylation is 2. The van der Waals surface area contributed by atoms with Gasteiger partial charge in [0.25, 0.3) is 0 Å². The zero-order valence-electron chi connectivity index (χ0n) is 8.11. The van der Waals surface area contributed by atoms with Crippen molar-refractivity contribution in [1.29, 1.82) is 0 Å². The van der Waals surface area contributed by atoms with Crippen LogP contribution in [0.5, 0.6) is 0 Å². The van der Waals surface area contributed by atoms with Crippen LogP contribution in [0.2, 0.25) is 0 Å². The maximum absolute atomic E-state index is 3.10. The smallest absolute Gasteiger partial charge is 0.0181 e. The Morgan fingerprint density at radius 2 is 1.50 bits per heavy atom. The van der Waals surface area contributed by atoms with Gasteiger partial charge in [0.2, 0.25) is 0 Å². The van der Waals surface area contributed by atoms with Crippen LogP contribution in [0.1, 0.15) is 11.1 Å². The van der Waals surface area contributed by atoms with Gasteiger partial charge in [-0.05, 0) is 30.0 Å². The third-order valence-corrected chi connectivity index (χ3v) is 2.32. The third kappa shape index (κ3) is 2.46. The molecule has 2 aromatic rings. The number of hydrogen-bond acceptors (Lipinski definition) is 0. The van der Waals surface area contributed by atoms with Crippen LogP contribution in [0.4, 0.5) is 0 Å². The molecule has 0 saturated heterocycles. The molecule has 0 amide bonds. The topological polar surface area (TPSA) is 0 Å². The Morgan fingerprint density at radius 3 is 2.21 bits per heavy atom. The molecule has 14 heavy (non-hydrogen) atoms. The largest absolute Gasteiger partial charge is 0.0622 e. The van der Waals surface area contributed by atoms with Crippen molar-refractivity contribution >= 4 is 0 Å². The highest BCUT2D eigenvalue weighted by molar-refractivity contribution is 5.19. The second-order valence-corrected chi connectivity index (χ2v) is 3.40. The average Bonchev–Trinajstić information content (AvgIpc) is 2.29. The summed E-state index contributed by atoms with van der Waals surface area (Å²) in [6, 6.07) is 21.9. The Bertz CT molecular complexity index is 322. The molecular formula is C14H13. The molecule has 0 heteroatoms. The minimum absolute atomic E-state index is 1.10. The molecule has 0 saturated carbocycles. The molecule has 0 aliphatic carbocycles. The van der Waals surface area contributed by atoms with Gasteiger partial charge in [-0.2, -0.15) is 0 Å². The van der Waals surface area contributed by atoms with E-state index in [2.05, 4.69) is 48.5 Å². The molecule has 0 aliphatic heterocycles. The Morgan fingerprint density at radius 1 is 0.786 bits per heavy atom. The quantitative estimate of drug-likeness (QED) is 0.681. The first-order valence-corrected chi connectivity index (χ1v) is 4.94. The van der Waals surface area contributed by atoms with Crippen LogP contribution < -0.4 is 0 Å². The number of rotatable bonds is 3. The SMILES string of the molecule is [c]1cccc(CCc2ccccc2)c1. The maximum Gasteiger partial charge on any atom is -0.0181 e. The molecule has 0 unspecified atom stereocenters. The molecule has 2 aromatic carbocycles. The molecule has 0 atom stereocenters. The van der Waals surface area contributed by atoms with Gasteiger partial charge in [0.15, 0.2) is 0 Å². The third-order valence-electron chi connectivity index (χ3n) is 2.32. The van der Waals surface area contributed by atoms with Crippen LogP contribution >= 0.6 is 0 Å². The minimum atomic E-state index is 1.10. The van der Waals surface area contributed by atoms with Gasteiger partial charge in [0, 0.05) is 0 Å².